The largest absolute Gasteiger partial charge is 0.508 e. The molecule has 0 fully saturated rings. The summed E-state index contributed by atoms with van der Waals surface area (Å²) in [5.41, 5.74) is 22.5. The number of carbonyl (C=O) groups excluding carboxylic acids is 10. The van der Waals surface area contributed by atoms with Crippen LogP contribution in [0.4, 0.5) is 0 Å². The Morgan fingerprint density at radius 2 is 0.921 bits per heavy atom. The minimum Gasteiger partial charge on any atom is -0.508 e. The number of guanidine groups is 2. The molecule has 1 aromatic carbocycles. The van der Waals surface area contributed by atoms with Crippen molar-refractivity contribution in [2.24, 2.45) is 40.7 Å². The van der Waals surface area contributed by atoms with Gasteiger partial charge in [-0.25, -0.2) is 0 Å². The average molecular weight is 1280 g/mol. The summed E-state index contributed by atoms with van der Waals surface area (Å²) in [5.74, 6) is -12.2. The number of hydrogen-bond donors (Lipinski definition) is 21. The molecule has 0 radical (unpaired) electrons. The predicted octanol–water partition coefficient (Wildman–Crippen LogP) is -4.23. The van der Waals surface area contributed by atoms with Crippen LogP contribution < -0.4 is 81.4 Å². The number of carbonyl (C=O) groups is 11. The highest BCUT2D eigenvalue weighted by Crippen LogP contribution is 2.15. The number of thioether (sulfide) groups is 1. The van der Waals surface area contributed by atoms with E-state index in [-0.39, 0.29) is 113 Å². The monoisotopic (exact) mass is 1280 g/mol. The fraction of sp³-hybridized carbons (Fsp3) is 0.661. The first-order chi connectivity index (χ1) is 41.8. The van der Waals surface area contributed by atoms with Gasteiger partial charge in [0.2, 0.25) is 59.1 Å². The molecule has 0 unspecified atom stereocenters. The van der Waals surface area contributed by atoms with E-state index in [0.717, 1.165) is 6.92 Å². The number of hydrogen-bond acceptors (Lipinski definition) is 18. The van der Waals surface area contributed by atoms with Gasteiger partial charge in [0, 0.05) is 25.4 Å². The lowest BCUT2D eigenvalue weighted by molar-refractivity contribution is -0.142. The molecule has 0 aliphatic carbocycles. The Kier molecular flexibility index (Phi) is 37.3. The van der Waals surface area contributed by atoms with Crippen molar-refractivity contribution in [3.63, 3.8) is 0 Å². The standard InChI is InChI=1S/C56H97N17O15S/c1-29(2)24-31(5)46(80)65-36(13-10-21-63-55(59)60)49(83)72-42(28-74)53(87)68-38(19-23-89-7)50(84)73-44(32(6)75)54(88)71-41(27-43(77)78)52(86)66-35(12-8-9-20-57)48(82)70-40(26-33-15-17-34(76)18-16-33)51(85)67-37(14-11-22-64-56(61)62)47(81)69-39(45(58)79)25-30(3)4/h15-18,29-32,35-42,44,74-76H,8-14,19-28,57H2,1-7H3,(H2,58,79)(H,65,80)(H,66,86)(H,67,85)(H,68,87)(H,69,81)(H,70,82)(H,71,88)(H,72,83)(H,73,84)(H,77,78)(H4,59,60,63)(H4,61,62,64)/t31-,32+,35-,36-,37+,38-,39-,40-,41-,42-,44-/m0/s1. The molecule has 0 spiro atoms. The molecule has 1 aromatic rings. The molecule has 1 rings (SSSR count). The Hall–Kier alpha value is -8.04. The minimum atomic E-state index is -2.01. The Labute approximate surface area is 523 Å². The van der Waals surface area contributed by atoms with Crippen LogP contribution >= 0.6 is 11.8 Å². The van der Waals surface area contributed by atoms with E-state index in [1.807, 2.05) is 13.8 Å². The topological polar surface area (TPSA) is 553 Å². The second-order valence-corrected chi connectivity index (χ2v) is 23.4. The summed E-state index contributed by atoms with van der Waals surface area (Å²) in [6, 6.07) is -8.39. The molecule has 502 valence electrons. The number of benzene rings is 1. The van der Waals surface area contributed by atoms with Gasteiger partial charge in [0.05, 0.1) is 19.1 Å². The average Bonchev–Trinajstić information content (AvgIpc) is 3.66. The van der Waals surface area contributed by atoms with Gasteiger partial charge in [-0.1, -0.05) is 46.8 Å². The fourth-order valence-corrected chi connectivity index (χ4v) is 9.39. The van der Waals surface area contributed by atoms with E-state index in [1.54, 1.807) is 27.0 Å². The van der Waals surface area contributed by atoms with Crippen LogP contribution in [0.2, 0.25) is 0 Å². The third-order valence-corrected chi connectivity index (χ3v) is 14.2. The molecule has 89 heavy (non-hydrogen) atoms. The molecule has 0 saturated carbocycles. The van der Waals surface area contributed by atoms with Crippen molar-refractivity contribution in [1.29, 1.82) is 10.8 Å². The highest BCUT2D eigenvalue weighted by Gasteiger charge is 2.37. The lowest BCUT2D eigenvalue weighted by Gasteiger charge is -2.28. The lowest BCUT2D eigenvalue weighted by Crippen LogP contribution is -2.62. The van der Waals surface area contributed by atoms with Crippen LogP contribution in [-0.4, -0.2) is 196 Å². The van der Waals surface area contributed by atoms with E-state index in [9.17, 15) is 73.2 Å². The van der Waals surface area contributed by atoms with E-state index in [1.165, 1.54) is 36.0 Å². The van der Waals surface area contributed by atoms with E-state index < -0.39 is 144 Å². The molecule has 32 nitrogen and oxygen atoms in total. The van der Waals surface area contributed by atoms with E-state index >= 15 is 0 Å². The van der Waals surface area contributed by atoms with E-state index in [0.29, 0.717) is 18.4 Å². The molecule has 11 atom stereocenters. The molecular weight excluding hydrogens is 1180 g/mol. The molecule has 0 aliphatic heterocycles. The number of aliphatic hydroxyl groups is 2. The number of phenols is 1. The summed E-state index contributed by atoms with van der Waals surface area (Å²) in [4.78, 5) is 150. The zero-order valence-electron chi connectivity index (χ0n) is 51.8. The first-order valence-corrected chi connectivity index (χ1v) is 30.9. The van der Waals surface area contributed by atoms with Crippen LogP contribution in [0, 0.1) is 28.6 Å². The summed E-state index contributed by atoms with van der Waals surface area (Å²) < 4.78 is 0. The number of rotatable bonds is 44. The summed E-state index contributed by atoms with van der Waals surface area (Å²) in [7, 11) is 0. The number of nitrogens with two attached hydrogens (primary N) is 4. The van der Waals surface area contributed by atoms with Crippen LogP contribution in [0.3, 0.4) is 0 Å². The molecule has 25 N–H and O–H groups in total. The molecule has 0 aliphatic rings. The summed E-state index contributed by atoms with van der Waals surface area (Å²) >= 11 is 1.26. The van der Waals surface area contributed by atoms with Crippen molar-refractivity contribution in [3.8, 4) is 5.75 Å². The highest BCUT2D eigenvalue weighted by molar-refractivity contribution is 7.98. The Bertz CT molecular complexity index is 2510. The zero-order chi connectivity index (χ0) is 67.5. The SMILES string of the molecule is CSCC[C@H](NC(=O)[C@H](CO)NC(=O)[C@H](CCCNC(=N)N)NC(=O)[C@@H](C)CC(C)C)C(=O)N[C@H](C(=O)N[C@@H](CC(=O)O)C(=O)N[C@@H](CCCCN)C(=O)N[C@@H](Cc1ccc(O)cc1)C(=O)N[C@H](CCCNC(=N)N)C(=O)N[C@@H](CC(C)C)C(N)=O)[C@@H](C)O. The number of nitrogens with one attached hydrogen (secondary N) is 13. The maximum Gasteiger partial charge on any atom is 0.305 e. The molecule has 0 aromatic heterocycles. The first-order valence-electron chi connectivity index (χ1n) is 29.5. The van der Waals surface area contributed by atoms with Crippen molar-refractivity contribution < 1.29 is 73.2 Å². The number of carboxylic acid groups (broad SMARTS) is 1. The second-order valence-electron chi connectivity index (χ2n) is 22.5. The van der Waals surface area contributed by atoms with Crippen molar-refractivity contribution in [1.82, 2.24) is 58.5 Å². The van der Waals surface area contributed by atoms with Crippen LogP contribution in [0.15, 0.2) is 24.3 Å². The number of aliphatic hydroxyl groups excluding tert-OH is 2. The fourth-order valence-electron chi connectivity index (χ4n) is 8.92. The molecule has 0 saturated heterocycles. The van der Waals surface area contributed by atoms with Gasteiger partial charge in [-0.3, -0.25) is 63.6 Å². The number of carboxylic acids is 1. The quantitative estimate of drug-likeness (QED) is 0.0167. The van der Waals surface area contributed by atoms with Gasteiger partial charge in [0.15, 0.2) is 11.9 Å². The number of aliphatic carboxylic acids is 1. The van der Waals surface area contributed by atoms with Crippen molar-refractivity contribution in [2.45, 2.75) is 179 Å². The van der Waals surface area contributed by atoms with Gasteiger partial charge in [-0.2, -0.15) is 11.8 Å². The van der Waals surface area contributed by atoms with Crippen LogP contribution in [-0.2, 0) is 59.2 Å². The van der Waals surface area contributed by atoms with Crippen LogP contribution in [0.25, 0.3) is 0 Å². The summed E-state index contributed by atoms with van der Waals surface area (Å²) in [5, 5.41) is 83.5. The maximum absolute atomic E-state index is 14.4. The Morgan fingerprint density at radius 1 is 0.517 bits per heavy atom. The van der Waals surface area contributed by atoms with E-state index in [4.69, 9.17) is 33.8 Å². The molecule has 33 heteroatoms. The van der Waals surface area contributed by atoms with Crippen molar-refractivity contribution in [2.75, 3.05) is 38.2 Å². The predicted molar refractivity (Wildman–Crippen MR) is 332 cm³/mol. The Morgan fingerprint density at radius 3 is 1.36 bits per heavy atom. The third-order valence-electron chi connectivity index (χ3n) is 13.6. The second kappa shape index (κ2) is 42.0. The first kappa shape index (κ1) is 79.0. The zero-order valence-corrected chi connectivity index (χ0v) is 52.6. The lowest BCUT2D eigenvalue weighted by atomic mass is 9.97. The van der Waals surface area contributed by atoms with Gasteiger partial charge in [-0.05, 0) is 119 Å². The molecule has 0 bridgehead atoms. The number of amides is 10. The van der Waals surface area contributed by atoms with Crippen molar-refractivity contribution >= 4 is 88.7 Å². The van der Waals surface area contributed by atoms with Crippen molar-refractivity contribution in [3.05, 3.63) is 29.8 Å². The van der Waals surface area contributed by atoms with Crippen LogP contribution in [0.5, 0.6) is 5.75 Å². The number of unbranched alkanes of at least 4 members (excludes halogenated alkanes) is 1. The molecule has 10 amide bonds. The maximum atomic E-state index is 14.4. The molecule has 0 heterocycles. The number of phenolic OH excluding ortho intramolecular Hbond substituents is 1. The smallest absolute Gasteiger partial charge is 0.305 e. The third kappa shape index (κ3) is 32.1. The summed E-state index contributed by atoms with van der Waals surface area (Å²) in [6.45, 7) is 9.63. The van der Waals surface area contributed by atoms with Gasteiger partial charge < -0.3 is 102 Å². The summed E-state index contributed by atoms with van der Waals surface area (Å²) in [6.07, 6.45) is -0.240. The van der Waals surface area contributed by atoms with Crippen LogP contribution in [0.1, 0.15) is 118 Å². The van der Waals surface area contributed by atoms with Gasteiger partial charge in [0.1, 0.15) is 60.1 Å². The number of aromatic hydroxyl groups is 1. The van der Waals surface area contributed by atoms with Gasteiger partial charge in [0.25, 0.3) is 0 Å². The molecular formula is C56H97N17O15S. The minimum absolute atomic E-state index is 0.0221. The van der Waals surface area contributed by atoms with Gasteiger partial charge in [-0.15, -0.1) is 0 Å². The normalized spacial score (nSPS) is 14.8. The highest BCUT2D eigenvalue weighted by atomic mass is 32.2. The van der Waals surface area contributed by atoms with E-state index in [2.05, 4.69) is 58.5 Å². The number of primary amides is 1. The Balaban J connectivity index is 3.59. The van der Waals surface area contributed by atoms with Gasteiger partial charge >= 0.3 is 5.97 Å².